The van der Waals surface area contributed by atoms with Gasteiger partial charge in [0.15, 0.2) is 0 Å². The lowest BCUT2D eigenvalue weighted by Gasteiger charge is -2.39. The topological polar surface area (TPSA) is 186 Å². The molecule has 5 N–H and O–H groups in total. The first-order chi connectivity index (χ1) is 21.6. The van der Waals surface area contributed by atoms with Crippen molar-refractivity contribution < 1.29 is 38.2 Å². The van der Waals surface area contributed by atoms with E-state index in [0.717, 1.165) is 44.9 Å². The molecule has 5 fully saturated rings. The number of ether oxygens (including phenoxy) is 2. The molecule has 0 spiro atoms. The molecule has 1 unspecified atom stereocenters. The normalized spacial score (nSPS) is 26.8. The van der Waals surface area contributed by atoms with Crippen molar-refractivity contribution in [3.05, 3.63) is 0 Å². The smallest absolute Gasteiger partial charge is 0.434 e. The Kier molecular flexibility index (Phi) is 9.62. The van der Waals surface area contributed by atoms with E-state index >= 15 is 0 Å². The van der Waals surface area contributed by atoms with Crippen molar-refractivity contribution in [3.8, 4) is 0 Å². The zero-order valence-corrected chi connectivity index (χ0v) is 27.8. The van der Waals surface area contributed by atoms with Gasteiger partial charge in [0, 0.05) is 6.54 Å². The minimum atomic E-state index is -1.10. The maximum Gasteiger partial charge on any atom is 0.508 e. The molecule has 0 aromatic rings. The number of urea groups is 1. The lowest BCUT2D eigenvalue weighted by molar-refractivity contribution is -0.145. The van der Waals surface area contributed by atoms with Crippen molar-refractivity contribution in [2.75, 3.05) is 19.8 Å². The highest BCUT2D eigenvalue weighted by Gasteiger charge is 2.70. The van der Waals surface area contributed by atoms with Crippen LogP contribution >= 0.6 is 0 Å². The molecule has 0 radical (unpaired) electrons. The summed E-state index contributed by atoms with van der Waals surface area (Å²) in [4.78, 5) is 79.5. The van der Waals surface area contributed by atoms with Crippen LogP contribution in [0.2, 0.25) is 0 Å². The summed E-state index contributed by atoms with van der Waals surface area (Å²) < 4.78 is 10.5. The Morgan fingerprint density at radius 1 is 0.913 bits per heavy atom. The fourth-order valence-electron chi connectivity index (χ4n) is 7.12. The molecule has 6 atom stereocenters. The van der Waals surface area contributed by atoms with Crippen LogP contribution < -0.4 is 21.7 Å². The summed E-state index contributed by atoms with van der Waals surface area (Å²) in [5.74, 6) is -2.08. The van der Waals surface area contributed by atoms with Gasteiger partial charge in [-0.1, -0.05) is 53.9 Å². The molecule has 0 aromatic carbocycles. The van der Waals surface area contributed by atoms with Crippen molar-refractivity contribution in [2.45, 2.75) is 110 Å². The molecule has 1 aliphatic heterocycles. The van der Waals surface area contributed by atoms with Crippen molar-refractivity contribution in [3.63, 3.8) is 0 Å². The predicted molar refractivity (Wildman–Crippen MR) is 166 cm³/mol. The van der Waals surface area contributed by atoms with E-state index in [2.05, 4.69) is 29.8 Å². The zero-order valence-electron chi connectivity index (χ0n) is 27.8. The van der Waals surface area contributed by atoms with Gasteiger partial charge in [0.25, 0.3) is 5.91 Å². The number of carbonyl (C=O) groups excluding carboxylic acids is 6. The number of Topliss-reactive ketones (excluding diaryl/α,β-unsaturated/α-hetero) is 1. The van der Waals surface area contributed by atoms with Gasteiger partial charge in [-0.15, -0.1) is 0 Å². The predicted octanol–water partition coefficient (Wildman–Crippen LogP) is 2.25. The van der Waals surface area contributed by atoms with Crippen LogP contribution in [0, 0.1) is 40.4 Å². The Bertz CT molecular complexity index is 1230. The number of piperidine rings is 1. The Morgan fingerprint density at radius 3 is 2.11 bits per heavy atom. The van der Waals surface area contributed by atoms with E-state index in [9.17, 15) is 28.8 Å². The van der Waals surface area contributed by atoms with Gasteiger partial charge >= 0.3 is 12.2 Å². The van der Waals surface area contributed by atoms with Gasteiger partial charge in [-0.25, -0.2) is 9.59 Å². The molecule has 1 heterocycles. The number of fused-ring (bicyclic) bond motifs is 1. The van der Waals surface area contributed by atoms with Crippen LogP contribution in [0.3, 0.4) is 0 Å². The molecule has 4 saturated carbocycles. The molecule has 13 nitrogen and oxygen atoms in total. The van der Waals surface area contributed by atoms with E-state index in [4.69, 9.17) is 15.2 Å². The zero-order chi connectivity index (χ0) is 33.6. The van der Waals surface area contributed by atoms with Crippen molar-refractivity contribution in [1.82, 2.24) is 20.9 Å². The molecule has 46 heavy (non-hydrogen) atoms. The highest BCUT2D eigenvalue weighted by Crippen LogP contribution is 2.65. The van der Waals surface area contributed by atoms with E-state index in [0.29, 0.717) is 25.5 Å². The lowest BCUT2D eigenvalue weighted by atomic mass is 9.80. The highest BCUT2D eigenvalue weighted by atomic mass is 16.7. The highest BCUT2D eigenvalue weighted by molar-refractivity contribution is 6.37. The van der Waals surface area contributed by atoms with Crippen LogP contribution in [-0.4, -0.2) is 84.5 Å². The number of primary amides is 1. The first-order valence-electron chi connectivity index (χ1n) is 16.9. The first-order valence-corrected chi connectivity index (χ1v) is 16.9. The molecule has 5 rings (SSSR count). The molecular weight excluding hydrogens is 594 g/mol. The van der Waals surface area contributed by atoms with Gasteiger partial charge in [0.05, 0.1) is 18.7 Å². The maximum atomic E-state index is 14.2. The number of rotatable bonds is 14. The minimum Gasteiger partial charge on any atom is -0.434 e. The Balaban J connectivity index is 1.25. The van der Waals surface area contributed by atoms with E-state index < -0.39 is 65.3 Å². The molecule has 5 aliphatic rings. The van der Waals surface area contributed by atoms with E-state index in [1.807, 2.05) is 20.8 Å². The Labute approximate surface area is 270 Å². The van der Waals surface area contributed by atoms with Crippen molar-refractivity contribution >= 4 is 35.7 Å². The summed E-state index contributed by atoms with van der Waals surface area (Å²) in [6.07, 6.45) is 6.30. The third-order valence-corrected chi connectivity index (χ3v) is 10.8. The SMILES string of the molecule is CC(C)(C)[C@H](NC(=O)N[C@H](COC(=O)OCC1CC1)C1CCC1)C(=O)N1C[C@H]2[C@@H]([C@H]1C(=O)NC(CC1CC1)C(=O)C(N)=O)C2(C)C. The fourth-order valence-corrected chi connectivity index (χ4v) is 7.12. The average Bonchev–Trinajstić information content (AvgIpc) is 3.89. The number of carbonyl (C=O) groups is 6. The number of nitrogens with zero attached hydrogens (tertiary/aromatic N) is 1. The summed E-state index contributed by atoms with van der Waals surface area (Å²) in [6.45, 7) is 10.3. The molecule has 13 heteroatoms. The third-order valence-electron chi connectivity index (χ3n) is 10.8. The number of ketones is 1. The van der Waals surface area contributed by atoms with Crippen LogP contribution in [0.4, 0.5) is 9.59 Å². The van der Waals surface area contributed by atoms with Gasteiger partial charge in [0.2, 0.25) is 17.6 Å². The van der Waals surface area contributed by atoms with Crippen LogP contribution in [-0.2, 0) is 28.7 Å². The van der Waals surface area contributed by atoms with Gasteiger partial charge in [-0.3, -0.25) is 19.2 Å². The van der Waals surface area contributed by atoms with Crippen LogP contribution in [0.25, 0.3) is 0 Å². The van der Waals surface area contributed by atoms with E-state index in [1.165, 1.54) is 4.90 Å². The first kappa shape index (κ1) is 34.0. The number of amides is 5. The summed E-state index contributed by atoms with van der Waals surface area (Å²) in [6, 6.07) is -3.88. The van der Waals surface area contributed by atoms with Gasteiger partial charge < -0.3 is 36.1 Å². The number of hydrogen-bond acceptors (Lipinski definition) is 8. The lowest BCUT2D eigenvalue weighted by Crippen LogP contribution is -2.62. The van der Waals surface area contributed by atoms with Gasteiger partial charge in [0.1, 0.15) is 18.7 Å². The summed E-state index contributed by atoms with van der Waals surface area (Å²) in [5.41, 5.74) is 4.39. The molecular formula is C33H51N5O8. The molecule has 256 valence electrons. The van der Waals surface area contributed by atoms with Crippen LogP contribution in [0.15, 0.2) is 0 Å². The summed E-state index contributed by atoms with van der Waals surface area (Å²) >= 11 is 0. The number of hydrogen-bond donors (Lipinski definition) is 4. The molecule has 1 saturated heterocycles. The minimum absolute atomic E-state index is 0.0332. The third kappa shape index (κ3) is 7.76. The van der Waals surface area contributed by atoms with Crippen molar-refractivity contribution in [2.24, 2.45) is 46.2 Å². The second-order valence-electron chi connectivity index (χ2n) is 15.9. The molecule has 0 bridgehead atoms. The molecule has 5 amide bonds. The standard InChI is InChI=1S/C33H51N5O8/c1-32(2,3)26(37-30(43)36-22(19-7-6-8-19)16-46-31(44)45-15-18-11-12-18)29(42)38-14-20-23(33(20,4)5)24(38)28(41)35-21(13-17-9-10-17)25(39)27(34)40/h17-24,26H,6-16H2,1-5H3,(H2,34,40)(H,35,41)(H2,36,37,43)/t20-,21?,22+,23-,24-,26+/m0/s1. The number of likely N-dealkylation sites (tertiary alicyclic amines) is 1. The summed E-state index contributed by atoms with van der Waals surface area (Å²) in [5, 5.41) is 8.55. The second kappa shape index (κ2) is 13.0. The van der Waals surface area contributed by atoms with Gasteiger partial charge in [-0.05, 0) is 72.5 Å². The number of nitrogens with one attached hydrogen (secondary N) is 3. The van der Waals surface area contributed by atoms with Gasteiger partial charge in [-0.2, -0.15) is 0 Å². The number of nitrogens with two attached hydrogens (primary N) is 1. The molecule has 4 aliphatic carbocycles. The van der Waals surface area contributed by atoms with Crippen molar-refractivity contribution in [1.29, 1.82) is 0 Å². The Morgan fingerprint density at radius 2 is 1.57 bits per heavy atom. The van der Waals surface area contributed by atoms with E-state index in [1.54, 1.807) is 0 Å². The second-order valence-corrected chi connectivity index (χ2v) is 15.9. The average molecular weight is 646 g/mol. The molecule has 0 aromatic heterocycles. The van der Waals surface area contributed by atoms with E-state index in [-0.39, 0.29) is 35.7 Å². The Hall–Kier alpha value is -3.38. The van der Waals surface area contributed by atoms with Crippen LogP contribution in [0.5, 0.6) is 0 Å². The van der Waals surface area contributed by atoms with Crippen LogP contribution in [0.1, 0.15) is 86.0 Å². The summed E-state index contributed by atoms with van der Waals surface area (Å²) in [7, 11) is 0. The largest absolute Gasteiger partial charge is 0.508 e. The quantitative estimate of drug-likeness (QED) is 0.164. The fraction of sp³-hybridized carbons (Fsp3) is 0.818. The monoisotopic (exact) mass is 645 g/mol. The maximum absolute atomic E-state index is 14.2.